The molecule has 0 saturated heterocycles. The number of hydrogen-bond donors (Lipinski definition) is 1. The maximum atomic E-state index is 10.9. The highest BCUT2D eigenvalue weighted by molar-refractivity contribution is 5.88. The fourth-order valence-corrected chi connectivity index (χ4v) is 1.62. The lowest BCUT2D eigenvalue weighted by atomic mass is 10.2. The number of hydrogen-bond acceptors (Lipinski definition) is 3. The van der Waals surface area contributed by atoms with Crippen LogP contribution in [0.4, 0.5) is 0 Å². The molecule has 0 aliphatic carbocycles. The van der Waals surface area contributed by atoms with E-state index in [2.05, 4.69) is 5.10 Å². The Bertz CT molecular complexity index is 525. The first-order valence-corrected chi connectivity index (χ1v) is 4.88. The minimum absolute atomic E-state index is 0.188. The summed E-state index contributed by atoms with van der Waals surface area (Å²) in [5, 5.41) is 13.2. The van der Waals surface area contributed by atoms with Gasteiger partial charge >= 0.3 is 5.97 Å². The summed E-state index contributed by atoms with van der Waals surface area (Å²) in [7, 11) is 0. The number of carbonyl (C=O) groups is 1. The Labute approximate surface area is 92.3 Å². The number of aryl methyl sites for hydroxylation is 2. The molecule has 0 unspecified atom stereocenters. The molecule has 2 rings (SSSR count). The van der Waals surface area contributed by atoms with E-state index in [-0.39, 0.29) is 5.56 Å². The Kier molecular flexibility index (Phi) is 2.52. The molecule has 0 atom stereocenters. The van der Waals surface area contributed by atoms with Gasteiger partial charge in [-0.3, -0.25) is 4.68 Å². The molecule has 5 heteroatoms. The summed E-state index contributed by atoms with van der Waals surface area (Å²) < 4.78 is 6.88. The zero-order chi connectivity index (χ0) is 11.7. The largest absolute Gasteiger partial charge is 0.478 e. The Morgan fingerprint density at radius 2 is 2.31 bits per heavy atom. The number of furan rings is 1. The summed E-state index contributed by atoms with van der Waals surface area (Å²) in [5.41, 5.74) is 2.07. The van der Waals surface area contributed by atoms with E-state index in [0.717, 1.165) is 11.4 Å². The number of carboxylic acid groups (broad SMARTS) is 1. The van der Waals surface area contributed by atoms with Crippen LogP contribution in [0.2, 0.25) is 0 Å². The van der Waals surface area contributed by atoms with E-state index in [4.69, 9.17) is 9.52 Å². The molecule has 16 heavy (non-hydrogen) atoms. The van der Waals surface area contributed by atoms with Gasteiger partial charge in [-0.05, 0) is 26.0 Å². The van der Waals surface area contributed by atoms with Gasteiger partial charge in [0.05, 0.1) is 12.0 Å². The van der Waals surface area contributed by atoms with Crippen molar-refractivity contribution < 1.29 is 14.3 Å². The maximum absolute atomic E-state index is 10.9. The third-order valence-corrected chi connectivity index (χ3v) is 2.37. The number of aromatic carboxylic acids is 1. The van der Waals surface area contributed by atoms with E-state index in [9.17, 15) is 4.79 Å². The van der Waals surface area contributed by atoms with Crippen LogP contribution < -0.4 is 0 Å². The molecular weight excluding hydrogens is 208 g/mol. The molecule has 0 bridgehead atoms. The smallest absolute Gasteiger partial charge is 0.339 e. The molecule has 84 valence electrons. The molecule has 0 aromatic carbocycles. The second kappa shape index (κ2) is 3.84. The lowest BCUT2D eigenvalue weighted by Crippen LogP contribution is -2.07. The van der Waals surface area contributed by atoms with Crippen LogP contribution in [0.25, 0.3) is 0 Å². The van der Waals surface area contributed by atoms with Gasteiger partial charge in [0.1, 0.15) is 17.9 Å². The van der Waals surface area contributed by atoms with Gasteiger partial charge < -0.3 is 9.52 Å². The second-order valence-corrected chi connectivity index (χ2v) is 3.65. The average Bonchev–Trinajstić information content (AvgIpc) is 2.75. The third kappa shape index (κ3) is 1.84. The van der Waals surface area contributed by atoms with Crippen LogP contribution >= 0.6 is 0 Å². The van der Waals surface area contributed by atoms with Gasteiger partial charge in [-0.25, -0.2) is 4.79 Å². The fourth-order valence-electron chi connectivity index (χ4n) is 1.62. The van der Waals surface area contributed by atoms with E-state index >= 15 is 0 Å². The summed E-state index contributed by atoms with van der Waals surface area (Å²) in [6, 6.07) is 3.38. The van der Waals surface area contributed by atoms with Crippen molar-refractivity contribution in [3.05, 3.63) is 41.1 Å². The number of nitrogens with zero attached hydrogens (tertiary/aromatic N) is 2. The molecule has 2 aromatic heterocycles. The van der Waals surface area contributed by atoms with E-state index in [0.29, 0.717) is 12.3 Å². The molecule has 0 aliphatic rings. The summed E-state index contributed by atoms with van der Waals surface area (Å²) in [6.45, 7) is 4.15. The van der Waals surface area contributed by atoms with E-state index in [1.165, 1.54) is 12.3 Å². The SMILES string of the molecule is Cc1cc(C)n(Cc2occc2C(=O)O)n1. The van der Waals surface area contributed by atoms with Crippen LogP contribution in [0, 0.1) is 13.8 Å². The predicted octanol–water partition coefficient (Wildman–Crippen LogP) is 1.84. The highest BCUT2D eigenvalue weighted by Gasteiger charge is 2.14. The first-order chi connectivity index (χ1) is 7.58. The van der Waals surface area contributed by atoms with Crippen molar-refractivity contribution in [1.29, 1.82) is 0 Å². The van der Waals surface area contributed by atoms with Gasteiger partial charge in [0.15, 0.2) is 0 Å². The molecule has 0 amide bonds. The molecule has 0 radical (unpaired) electrons. The van der Waals surface area contributed by atoms with Crippen molar-refractivity contribution >= 4 is 5.97 Å². The lowest BCUT2D eigenvalue weighted by molar-refractivity contribution is 0.0694. The molecule has 1 N–H and O–H groups in total. The molecule has 5 nitrogen and oxygen atoms in total. The first-order valence-electron chi connectivity index (χ1n) is 4.88. The van der Waals surface area contributed by atoms with Crippen molar-refractivity contribution in [2.24, 2.45) is 0 Å². The Morgan fingerprint density at radius 3 is 2.88 bits per heavy atom. The number of aromatic nitrogens is 2. The van der Waals surface area contributed by atoms with Gasteiger partial charge in [-0.2, -0.15) is 5.10 Å². The predicted molar refractivity (Wildman–Crippen MR) is 56.5 cm³/mol. The molecule has 0 fully saturated rings. The van der Waals surface area contributed by atoms with Crippen LogP contribution in [-0.4, -0.2) is 20.9 Å². The van der Waals surface area contributed by atoms with Crippen molar-refractivity contribution in [2.75, 3.05) is 0 Å². The highest BCUT2D eigenvalue weighted by Crippen LogP contribution is 2.13. The molecule has 2 heterocycles. The van der Waals surface area contributed by atoms with E-state index in [1.807, 2.05) is 19.9 Å². The zero-order valence-corrected chi connectivity index (χ0v) is 9.10. The van der Waals surface area contributed by atoms with Crippen LogP contribution in [0.3, 0.4) is 0 Å². The van der Waals surface area contributed by atoms with Crippen LogP contribution in [0.15, 0.2) is 22.8 Å². The molecule has 0 saturated carbocycles. The zero-order valence-electron chi connectivity index (χ0n) is 9.10. The third-order valence-electron chi connectivity index (χ3n) is 2.37. The normalized spacial score (nSPS) is 10.6. The van der Waals surface area contributed by atoms with E-state index in [1.54, 1.807) is 4.68 Å². The fraction of sp³-hybridized carbons (Fsp3) is 0.273. The van der Waals surface area contributed by atoms with Gasteiger partial charge in [-0.1, -0.05) is 0 Å². The average molecular weight is 220 g/mol. The van der Waals surface area contributed by atoms with Crippen molar-refractivity contribution in [3.8, 4) is 0 Å². The Hall–Kier alpha value is -2.04. The maximum Gasteiger partial charge on any atom is 0.339 e. The van der Waals surface area contributed by atoms with Crippen molar-refractivity contribution in [2.45, 2.75) is 20.4 Å². The monoisotopic (exact) mass is 220 g/mol. The summed E-state index contributed by atoms with van der Waals surface area (Å²) >= 11 is 0. The van der Waals surface area contributed by atoms with Gasteiger partial charge in [-0.15, -0.1) is 0 Å². The Balaban J connectivity index is 2.30. The Morgan fingerprint density at radius 1 is 1.56 bits per heavy atom. The van der Waals surface area contributed by atoms with Gasteiger partial charge in [0.25, 0.3) is 0 Å². The second-order valence-electron chi connectivity index (χ2n) is 3.65. The summed E-state index contributed by atoms with van der Waals surface area (Å²) in [4.78, 5) is 10.9. The topological polar surface area (TPSA) is 68.3 Å². The molecule has 0 aliphatic heterocycles. The number of carboxylic acids is 1. The number of rotatable bonds is 3. The summed E-state index contributed by atoms with van der Waals surface area (Å²) in [5.74, 6) is -0.566. The van der Waals surface area contributed by atoms with Crippen LogP contribution in [0.5, 0.6) is 0 Å². The standard InChI is InChI=1S/C11H12N2O3/c1-7-5-8(2)13(12-7)6-10-9(11(14)15)3-4-16-10/h3-5H,6H2,1-2H3,(H,14,15). The van der Waals surface area contributed by atoms with Gasteiger partial charge in [0.2, 0.25) is 0 Å². The first kappa shape index (κ1) is 10.5. The van der Waals surface area contributed by atoms with Crippen molar-refractivity contribution in [3.63, 3.8) is 0 Å². The molecular formula is C11H12N2O3. The summed E-state index contributed by atoms with van der Waals surface area (Å²) in [6.07, 6.45) is 1.38. The lowest BCUT2D eigenvalue weighted by Gasteiger charge is -2.02. The van der Waals surface area contributed by atoms with Crippen LogP contribution in [-0.2, 0) is 6.54 Å². The van der Waals surface area contributed by atoms with Gasteiger partial charge in [0, 0.05) is 5.69 Å². The highest BCUT2D eigenvalue weighted by atomic mass is 16.4. The van der Waals surface area contributed by atoms with Crippen molar-refractivity contribution in [1.82, 2.24) is 9.78 Å². The quantitative estimate of drug-likeness (QED) is 0.856. The minimum atomic E-state index is -0.981. The molecule has 2 aromatic rings. The van der Waals surface area contributed by atoms with Crippen LogP contribution in [0.1, 0.15) is 27.5 Å². The van der Waals surface area contributed by atoms with E-state index < -0.39 is 5.97 Å². The minimum Gasteiger partial charge on any atom is -0.478 e. The molecule has 0 spiro atoms.